The normalized spacial score (nSPS) is 12.4. The van der Waals surface area contributed by atoms with Gasteiger partial charge in [0.1, 0.15) is 6.04 Å². The highest BCUT2D eigenvalue weighted by molar-refractivity contribution is 5.83. The predicted molar refractivity (Wildman–Crippen MR) is 92.2 cm³/mol. The number of benzene rings is 1. The van der Waals surface area contributed by atoms with Crippen molar-refractivity contribution >= 4 is 5.91 Å². The molecule has 1 aromatic heterocycles. The van der Waals surface area contributed by atoms with Crippen molar-refractivity contribution < 1.29 is 4.79 Å². The number of rotatable bonds is 7. The number of aromatic nitrogens is 2. The van der Waals surface area contributed by atoms with E-state index in [9.17, 15) is 4.79 Å². The lowest BCUT2D eigenvalue weighted by Gasteiger charge is -2.24. The number of amides is 1. The van der Waals surface area contributed by atoms with Crippen LogP contribution in [0, 0.1) is 13.8 Å². The average Bonchev–Trinajstić information content (AvgIpc) is 2.91. The van der Waals surface area contributed by atoms with Crippen molar-refractivity contribution in [3.05, 3.63) is 53.3 Å². The van der Waals surface area contributed by atoms with E-state index in [0.717, 1.165) is 24.2 Å². The fraction of sp³-hybridized carbons (Fsp3) is 0.444. The second-order valence-corrected chi connectivity index (χ2v) is 6.14. The van der Waals surface area contributed by atoms with E-state index in [1.165, 1.54) is 5.56 Å². The Morgan fingerprint density at radius 2 is 1.91 bits per heavy atom. The Labute approximate surface area is 138 Å². The summed E-state index contributed by atoms with van der Waals surface area (Å²) < 4.78 is 1.91. The van der Waals surface area contributed by atoms with Crippen LogP contribution in [0.25, 0.3) is 0 Å². The highest BCUT2D eigenvalue weighted by Gasteiger charge is 2.22. The lowest BCUT2D eigenvalue weighted by atomic mass is 10.0. The van der Waals surface area contributed by atoms with Crippen LogP contribution in [0.5, 0.6) is 0 Å². The van der Waals surface area contributed by atoms with E-state index in [1.54, 1.807) is 0 Å². The Hall–Kier alpha value is -2.14. The third kappa shape index (κ3) is 4.93. The number of hydrogen-bond acceptors (Lipinski definition) is 3. The number of nitrogens with zero attached hydrogens (tertiary/aromatic N) is 3. The van der Waals surface area contributed by atoms with Gasteiger partial charge in [0.25, 0.3) is 0 Å². The molecule has 1 heterocycles. The van der Waals surface area contributed by atoms with Gasteiger partial charge in [-0.1, -0.05) is 29.8 Å². The molecule has 1 atom stereocenters. The van der Waals surface area contributed by atoms with Crippen LogP contribution in [0.3, 0.4) is 0 Å². The van der Waals surface area contributed by atoms with E-state index >= 15 is 0 Å². The van der Waals surface area contributed by atoms with Gasteiger partial charge in [-0.3, -0.25) is 14.4 Å². The Morgan fingerprint density at radius 1 is 1.22 bits per heavy atom. The smallest absolute Gasteiger partial charge is 0.241 e. The van der Waals surface area contributed by atoms with Crippen LogP contribution in [-0.2, 0) is 11.3 Å². The monoisotopic (exact) mass is 314 g/mol. The van der Waals surface area contributed by atoms with Gasteiger partial charge in [0.15, 0.2) is 0 Å². The van der Waals surface area contributed by atoms with Crippen molar-refractivity contribution in [2.24, 2.45) is 0 Å². The molecule has 1 unspecified atom stereocenters. The minimum absolute atomic E-state index is 0.0375. The Balaban J connectivity index is 1.87. The van der Waals surface area contributed by atoms with Gasteiger partial charge in [-0.2, -0.15) is 5.10 Å². The number of likely N-dealkylation sites (N-methyl/N-ethyl adjacent to an activating group) is 1. The summed E-state index contributed by atoms with van der Waals surface area (Å²) in [5.74, 6) is 0.0375. The van der Waals surface area contributed by atoms with Crippen LogP contribution in [0.2, 0.25) is 0 Å². The summed E-state index contributed by atoms with van der Waals surface area (Å²) in [6.45, 7) is 5.48. The van der Waals surface area contributed by atoms with Gasteiger partial charge in [-0.05, 0) is 46.0 Å². The second-order valence-electron chi connectivity index (χ2n) is 6.14. The number of hydrogen-bond donors (Lipinski definition) is 1. The number of nitrogens with one attached hydrogen (secondary N) is 1. The first-order valence-corrected chi connectivity index (χ1v) is 7.98. The summed E-state index contributed by atoms with van der Waals surface area (Å²) in [4.78, 5) is 14.5. The van der Waals surface area contributed by atoms with Gasteiger partial charge in [0.05, 0.1) is 5.69 Å². The van der Waals surface area contributed by atoms with Crippen molar-refractivity contribution in [2.75, 3.05) is 20.6 Å². The maximum Gasteiger partial charge on any atom is 0.241 e. The number of aryl methyl sites for hydroxylation is 3. The van der Waals surface area contributed by atoms with Crippen molar-refractivity contribution in [3.8, 4) is 0 Å². The zero-order valence-electron chi connectivity index (χ0n) is 14.4. The lowest BCUT2D eigenvalue weighted by Crippen LogP contribution is -2.37. The van der Waals surface area contributed by atoms with Crippen molar-refractivity contribution in [3.63, 3.8) is 0 Å². The van der Waals surface area contributed by atoms with E-state index in [1.807, 2.05) is 74.1 Å². The SMILES string of the molecule is Cc1ccc(C(C(=O)NCCCn2ccc(C)n2)N(C)C)cc1. The third-order valence-electron chi connectivity index (χ3n) is 3.80. The molecule has 0 aliphatic carbocycles. The molecule has 0 saturated heterocycles. The largest absolute Gasteiger partial charge is 0.354 e. The van der Waals surface area contributed by atoms with E-state index in [2.05, 4.69) is 10.4 Å². The average molecular weight is 314 g/mol. The first-order chi connectivity index (χ1) is 11.0. The van der Waals surface area contributed by atoms with Gasteiger partial charge in [-0.15, -0.1) is 0 Å². The lowest BCUT2D eigenvalue weighted by molar-refractivity contribution is -0.125. The van der Waals surface area contributed by atoms with Crippen molar-refractivity contribution in [1.82, 2.24) is 20.0 Å². The second kappa shape index (κ2) is 7.92. The topological polar surface area (TPSA) is 50.2 Å². The fourth-order valence-corrected chi connectivity index (χ4v) is 2.57. The molecule has 5 nitrogen and oxygen atoms in total. The van der Waals surface area contributed by atoms with Crippen LogP contribution in [0.15, 0.2) is 36.5 Å². The molecule has 1 aromatic carbocycles. The zero-order valence-corrected chi connectivity index (χ0v) is 14.4. The standard InChI is InChI=1S/C18H26N4O/c1-14-6-8-16(9-7-14)17(21(3)4)18(23)19-11-5-12-22-13-10-15(2)20-22/h6-10,13,17H,5,11-12H2,1-4H3,(H,19,23). The van der Waals surface area contributed by atoms with E-state index in [0.29, 0.717) is 6.54 Å². The Kier molecular flexibility index (Phi) is 5.93. The summed E-state index contributed by atoms with van der Waals surface area (Å²) in [5.41, 5.74) is 3.23. The van der Waals surface area contributed by atoms with E-state index in [-0.39, 0.29) is 11.9 Å². The van der Waals surface area contributed by atoms with E-state index in [4.69, 9.17) is 0 Å². The first kappa shape index (κ1) is 17.2. The maximum absolute atomic E-state index is 12.5. The number of carbonyl (C=O) groups is 1. The van der Waals surface area contributed by atoms with Gasteiger partial charge in [0.2, 0.25) is 5.91 Å². The zero-order chi connectivity index (χ0) is 16.8. The van der Waals surface area contributed by atoms with Gasteiger partial charge >= 0.3 is 0 Å². The molecule has 0 saturated carbocycles. The molecule has 5 heteroatoms. The predicted octanol–water partition coefficient (Wildman–Crippen LogP) is 2.31. The quantitative estimate of drug-likeness (QED) is 0.798. The maximum atomic E-state index is 12.5. The molecule has 0 spiro atoms. The molecule has 124 valence electrons. The Morgan fingerprint density at radius 3 is 2.48 bits per heavy atom. The minimum Gasteiger partial charge on any atom is -0.354 e. The molecule has 0 bridgehead atoms. The highest BCUT2D eigenvalue weighted by atomic mass is 16.2. The third-order valence-corrected chi connectivity index (χ3v) is 3.80. The molecule has 2 aromatic rings. The molecule has 0 fully saturated rings. The first-order valence-electron chi connectivity index (χ1n) is 7.98. The summed E-state index contributed by atoms with van der Waals surface area (Å²) in [6, 6.07) is 9.84. The summed E-state index contributed by atoms with van der Waals surface area (Å²) in [7, 11) is 3.85. The van der Waals surface area contributed by atoms with Crippen molar-refractivity contribution in [2.45, 2.75) is 32.9 Å². The molecular formula is C18H26N4O. The summed E-state index contributed by atoms with van der Waals surface area (Å²) in [5, 5.41) is 7.37. The molecule has 1 N–H and O–H groups in total. The highest BCUT2D eigenvalue weighted by Crippen LogP contribution is 2.18. The molecule has 0 radical (unpaired) electrons. The minimum atomic E-state index is -0.262. The van der Waals surface area contributed by atoms with Gasteiger partial charge in [0, 0.05) is 19.3 Å². The van der Waals surface area contributed by atoms with Crippen LogP contribution < -0.4 is 5.32 Å². The van der Waals surface area contributed by atoms with Gasteiger partial charge < -0.3 is 5.32 Å². The van der Waals surface area contributed by atoms with Crippen LogP contribution in [0.4, 0.5) is 0 Å². The van der Waals surface area contributed by atoms with Crippen LogP contribution in [-0.4, -0.2) is 41.2 Å². The van der Waals surface area contributed by atoms with Gasteiger partial charge in [-0.25, -0.2) is 0 Å². The summed E-state index contributed by atoms with van der Waals surface area (Å²) in [6.07, 6.45) is 2.83. The molecule has 2 rings (SSSR count). The van der Waals surface area contributed by atoms with E-state index < -0.39 is 0 Å². The molecule has 1 amide bonds. The molecule has 0 aliphatic heterocycles. The van der Waals surface area contributed by atoms with Crippen LogP contribution >= 0.6 is 0 Å². The van der Waals surface area contributed by atoms with Crippen molar-refractivity contribution in [1.29, 1.82) is 0 Å². The van der Waals surface area contributed by atoms with Crippen LogP contribution in [0.1, 0.15) is 29.3 Å². The summed E-state index contributed by atoms with van der Waals surface area (Å²) >= 11 is 0. The fourth-order valence-electron chi connectivity index (χ4n) is 2.57. The number of carbonyl (C=O) groups excluding carboxylic acids is 1. The molecular weight excluding hydrogens is 288 g/mol. The molecule has 0 aliphatic rings. The molecule has 23 heavy (non-hydrogen) atoms. The Bertz CT molecular complexity index is 631.